The molecule has 1 N–H and O–H groups in total. The predicted octanol–water partition coefficient (Wildman–Crippen LogP) is 1.40. The SMILES string of the molecule is CCOC(=O)/C=C/[C@H](OC1CCCCO1)[C@H](C)O. The molecule has 104 valence electrons. The fourth-order valence-electron chi connectivity index (χ4n) is 1.68. The van der Waals surface area contributed by atoms with Crippen molar-refractivity contribution in [2.75, 3.05) is 13.2 Å². The van der Waals surface area contributed by atoms with E-state index in [1.807, 2.05) is 0 Å². The molecule has 3 atom stereocenters. The molecule has 1 aliphatic rings. The normalized spacial score (nSPS) is 23.8. The van der Waals surface area contributed by atoms with Gasteiger partial charge in [-0.25, -0.2) is 4.79 Å². The fraction of sp³-hybridized carbons (Fsp3) is 0.769. The summed E-state index contributed by atoms with van der Waals surface area (Å²) in [4.78, 5) is 11.2. The maximum Gasteiger partial charge on any atom is 0.330 e. The lowest BCUT2D eigenvalue weighted by Gasteiger charge is -2.27. The molecular formula is C13H22O5. The molecule has 0 amide bonds. The lowest BCUT2D eigenvalue weighted by Crippen LogP contribution is -2.33. The van der Waals surface area contributed by atoms with E-state index in [1.165, 1.54) is 12.2 Å². The summed E-state index contributed by atoms with van der Waals surface area (Å²) in [6, 6.07) is 0. The first-order valence-corrected chi connectivity index (χ1v) is 6.43. The number of hydrogen-bond acceptors (Lipinski definition) is 5. The maximum absolute atomic E-state index is 11.2. The van der Waals surface area contributed by atoms with Gasteiger partial charge in [0.25, 0.3) is 0 Å². The van der Waals surface area contributed by atoms with Gasteiger partial charge in [-0.1, -0.05) is 0 Å². The van der Waals surface area contributed by atoms with E-state index in [4.69, 9.17) is 14.2 Å². The standard InChI is InChI=1S/C13H22O5/c1-3-16-12(15)8-7-11(10(2)14)18-13-6-4-5-9-17-13/h7-8,10-11,13-14H,3-6,9H2,1-2H3/b8-7+/t10-,11-,13?/m0/s1. The van der Waals surface area contributed by atoms with Crippen LogP contribution in [0.25, 0.3) is 0 Å². The number of hydrogen-bond donors (Lipinski definition) is 1. The van der Waals surface area contributed by atoms with Gasteiger partial charge in [0.15, 0.2) is 6.29 Å². The molecule has 0 spiro atoms. The van der Waals surface area contributed by atoms with Crippen LogP contribution in [0.2, 0.25) is 0 Å². The van der Waals surface area contributed by atoms with Gasteiger partial charge in [0.1, 0.15) is 6.10 Å². The number of ether oxygens (including phenoxy) is 3. The Morgan fingerprint density at radius 2 is 2.33 bits per heavy atom. The molecule has 1 unspecified atom stereocenters. The Kier molecular flexibility index (Phi) is 6.93. The Bertz CT molecular complexity index is 269. The maximum atomic E-state index is 11.2. The summed E-state index contributed by atoms with van der Waals surface area (Å²) >= 11 is 0. The molecule has 0 aromatic heterocycles. The van der Waals surface area contributed by atoms with Crippen LogP contribution in [-0.4, -0.2) is 42.8 Å². The third kappa shape index (κ3) is 5.62. The first-order chi connectivity index (χ1) is 8.63. The monoisotopic (exact) mass is 258 g/mol. The van der Waals surface area contributed by atoms with Crippen LogP contribution in [0.15, 0.2) is 12.2 Å². The van der Waals surface area contributed by atoms with Gasteiger partial charge in [-0.05, 0) is 39.2 Å². The third-order valence-electron chi connectivity index (χ3n) is 2.63. The smallest absolute Gasteiger partial charge is 0.330 e. The molecule has 1 rings (SSSR count). The van der Waals surface area contributed by atoms with Gasteiger partial charge >= 0.3 is 5.97 Å². The van der Waals surface area contributed by atoms with E-state index in [9.17, 15) is 9.90 Å². The molecule has 18 heavy (non-hydrogen) atoms. The zero-order chi connectivity index (χ0) is 13.4. The summed E-state index contributed by atoms with van der Waals surface area (Å²) in [7, 11) is 0. The second kappa shape index (κ2) is 8.24. The summed E-state index contributed by atoms with van der Waals surface area (Å²) in [6.45, 7) is 4.36. The van der Waals surface area contributed by atoms with Crippen LogP contribution in [0.1, 0.15) is 33.1 Å². The summed E-state index contributed by atoms with van der Waals surface area (Å²) < 4.78 is 15.8. The van der Waals surface area contributed by atoms with Crippen molar-refractivity contribution in [3.8, 4) is 0 Å². The van der Waals surface area contributed by atoms with Crippen LogP contribution in [0, 0.1) is 0 Å². The zero-order valence-corrected chi connectivity index (χ0v) is 11.0. The van der Waals surface area contributed by atoms with Gasteiger partial charge in [-0.3, -0.25) is 0 Å². The summed E-state index contributed by atoms with van der Waals surface area (Å²) in [6.07, 6.45) is 4.14. The Balaban J connectivity index is 2.45. The number of aliphatic hydroxyl groups is 1. The van der Waals surface area contributed by atoms with Crippen molar-refractivity contribution in [1.82, 2.24) is 0 Å². The zero-order valence-electron chi connectivity index (χ0n) is 11.0. The van der Waals surface area contributed by atoms with Crippen LogP contribution in [0.5, 0.6) is 0 Å². The number of carbonyl (C=O) groups is 1. The minimum atomic E-state index is -0.707. The molecule has 5 nitrogen and oxygen atoms in total. The molecule has 0 bridgehead atoms. The summed E-state index contributed by atoms with van der Waals surface area (Å²) in [5, 5.41) is 9.60. The van der Waals surface area contributed by atoms with E-state index in [-0.39, 0.29) is 6.29 Å². The van der Waals surface area contributed by atoms with Gasteiger partial charge in [0, 0.05) is 12.7 Å². The number of carbonyl (C=O) groups excluding carboxylic acids is 1. The average molecular weight is 258 g/mol. The Labute approximate surface area is 108 Å². The minimum absolute atomic E-state index is 0.301. The van der Waals surface area contributed by atoms with Crippen molar-refractivity contribution >= 4 is 5.97 Å². The van der Waals surface area contributed by atoms with Gasteiger partial charge in [0.05, 0.1) is 12.7 Å². The lowest BCUT2D eigenvalue weighted by atomic mass is 10.2. The summed E-state index contributed by atoms with van der Waals surface area (Å²) in [5.41, 5.74) is 0. The van der Waals surface area contributed by atoms with Gasteiger partial charge in [-0.2, -0.15) is 0 Å². The van der Waals surface area contributed by atoms with E-state index < -0.39 is 18.2 Å². The van der Waals surface area contributed by atoms with Crippen molar-refractivity contribution < 1.29 is 24.1 Å². The highest BCUT2D eigenvalue weighted by molar-refractivity contribution is 5.81. The van der Waals surface area contributed by atoms with E-state index in [0.29, 0.717) is 13.2 Å². The second-order valence-electron chi connectivity index (χ2n) is 4.25. The Morgan fingerprint density at radius 3 is 2.89 bits per heavy atom. The van der Waals surface area contributed by atoms with Crippen LogP contribution in [0.4, 0.5) is 0 Å². The molecule has 1 saturated heterocycles. The van der Waals surface area contributed by atoms with Crippen LogP contribution in [-0.2, 0) is 19.0 Å². The van der Waals surface area contributed by atoms with Gasteiger partial charge < -0.3 is 19.3 Å². The first kappa shape index (κ1) is 15.1. The number of rotatable bonds is 6. The van der Waals surface area contributed by atoms with Crippen LogP contribution < -0.4 is 0 Å². The highest BCUT2D eigenvalue weighted by Crippen LogP contribution is 2.17. The molecule has 0 aliphatic carbocycles. The molecule has 0 radical (unpaired) electrons. The topological polar surface area (TPSA) is 65.0 Å². The van der Waals surface area contributed by atoms with Crippen molar-refractivity contribution in [3.05, 3.63) is 12.2 Å². The van der Waals surface area contributed by atoms with Gasteiger partial charge in [0.2, 0.25) is 0 Å². The first-order valence-electron chi connectivity index (χ1n) is 6.43. The van der Waals surface area contributed by atoms with Crippen molar-refractivity contribution in [1.29, 1.82) is 0 Å². The molecule has 0 aromatic rings. The molecule has 0 saturated carbocycles. The second-order valence-corrected chi connectivity index (χ2v) is 4.25. The van der Waals surface area contributed by atoms with E-state index in [1.54, 1.807) is 13.8 Å². The van der Waals surface area contributed by atoms with E-state index in [2.05, 4.69) is 0 Å². The van der Waals surface area contributed by atoms with Crippen LogP contribution >= 0.6 is 0 Å². The molecule has 1 fully saturated rings. The molecule has 0 aromatic carbocycles. The largest absolute Gasteiger partial charge is 0.463 e. The molecular weight excluding hydrogens is 236 g/mol. The number of esters is 1. The van der Waals surface area contributed by atoms with Crippen LogP contribution in [0.3, 0.4) is 0 Å². The highest BCUT2D eigenvalue weighted by Gasteiger charge is 2.21. The Morgan fingerprint density at radius 1 is 1.56 bits per heavy atom. The molecule has 1 heterocycles. The van der Waals surface area contributed by atoms with Gasteiger partial charge in [-0.15, -0.1) is 0 Å². The van der Waals surface area contributed by atoms with E-state index in [0.717, 1.165) is 19.3 Å². The Hall–Kier alpha value is -0.910. The average Bonchev–Trinajstić information content (AvgIpc) is 2.35. The quantitative estimate of drug-likeness (QED) is 0.576. The molecule has 1 aliphatic heterocycles. The third-order valence-corrected chi connectivity index (χ3v) is 2.63. The minimum Gasteiger partial charge on any atom is -0.463 e. The molecule has 5 heteroatoms. The van der Waals surface area contributed by atoms with Crippen molar-refractivity contribution in [2.24, 2.45) is 0 Å². The predicted molar refractivity (Wildman–Crippen MR) is 65.9 cm³/mol. The van der Waals surface area contributed by atoms with Crippen molar-refractivity contribution in [2.45, 2.75) is 51.6 Å². The van der Waals surface area contributed by atoms with E-state index >= 15 is 0 Å². The highest BCUT2D eigenvalue weighted by atomic mass is 16.7. The fourth-order valence-corrected chi connectivity index (χ4v) is 1.68. The summed E-state index contributed by atoms with van der Waals surface area (Å²) in [5.74, 6) is -0.434. The van der Waals surface area contributed by atoms with Crippen molar-refractivity contribution in [3.63, 3.8) is 0 Å². The lowest BCUT2D eigenvalue weighted by molar-refractivity contribution is -0.193. The number of aliphatic hydroxyl groups excluding tert-OH is 1.